The lowest BCUT2D eigenvalue weighted by Gasteiger charge is -2.56. The number of aromatic nitrogens is 7. The lowest BCUT2D eigenvalue weighted by Crippen LogP contribution is -2.68. The van der Waals surface area contributed by atoms with Crippen molar-refractivity contribution < 1.29 is 0 Å². The highest BCUT2D eigenvalue weighted by molar-refractivity contribution is 5.57. The van der Waals surface area contributed by atoms with Gasteiger partial charge < -0.3 is 4.90 Å². The molecule has 3 aliphatic heterocycles. The summed E-state index contributed by atoms with van der Waals surface area (Å²) in [6, 6.07) is 19.5. The molecule has 3 aliphatic rings. The number of nitrogens with one attached hydrogen (secondary N) is 1. The third kappa shape index (κ3) is 4.96. The van der Waals surface area contributed by atoms with Crippen LogP contribution < -0.4 is 4.90 Å². The summed E-state index contributed by atoms with van der Waals surface area (Å²) >= 11 is 0. The van der Waals surface area contributed by atoms with Gasteiger partial charge in [-0.3, -0.25) is 20.0 Å². The number of nitrogens with zero attached hydrogens (tertiary/aromatic N) is 8. The zero-order valence-electron chi connectivity index (χ0n) is 22.7. The van der Waals surface area contributed by atoms with E-state index in [-0.39, 0.29) is 0 Å². The Bertz CT molecular complexity index is 1600. The minimum absolute atomic E-state index is 0.532. The minimum Gasteiger partial charge on any atom is -0.353 e. The van der Waals surface area contributed by atoms with Crippen LogP contribution in [0.4, 0.5) is 5.82 Å². The molecule has 2 atom stereocenters. The van der Waals surface area contributed by atoms with Crippen LogP contribution in [0.1, 0.15) is 34.8 Å². The summed E-state index contributed by atoms with van der Waals surface area (Å²) in [5, 5.41) is 7.35. The van der Waals surface area contributed by atoms with Gasteiger partial charge in [0.25, 0.3) is 0 Å². The molecule has 1 N–H and O–H groups in total. The van der Waals surface area contributed by atoms with Gasteiger partial charge in [0, 0.05) is 73.7 Å². The molecule has 2 unspecified atom stereocenters. The fraction of sp³-hybridized carbons (Fsp3) is 0.290. The van der Waals surface area contributed by atoms with E-state index in [1.54, 1.807) is 6.20 Å². The highest BCUT2D eigenvalue weighted by Crippen LogP contribution is 2.35. The van der Waals surface area contributed by atoms with E-state index >= 15 is 0 Å². The summed E-state index contributed by atoms with van der Waals surface area (Å²) in [5.74, 6) is 1.72. The van der Waals surface area contributed by atoms with E-state index < -0.39 is 0 Å². The maximum atomic E-state index is 4.82. The van der Waals surface area contributed by atoms with Crippen molar-refractivity contribution >= 4 is 5.82 Å². The number of H-pyrrole nitrogens is 1. The van der Waals surface area contributed by atoms with Crippen LogP contribution in [0.3, 0.4) is 0 Å². The largest absolute Gasteiger partial charge is 0.353 e. The highest BCUT2D eigenvalue weighted by Gasteiger charge is 2.44. The molecule has 5 aromatic rings. The molecule has 2 bridgehead atoms. The van der Waals surface area contributed by atoms with Gasteiger partial charge >= 0.3 is 0 Å². The lowest BCUT2D eigenvalue weighted by atomic mass is 9.87. The fourth-order valence-electron chi connectivity index (χ4n) is 5.84. The van der Waals surface area contributed by atoms with E-state index in [4.69, 9.17) is 9.97 Å². The first-order chi connectivity index (χ1) is 19.6. The van der Waals surface area contributed by atoms with Crippen molar-refractivity contribution in [2.45, 2.75) is 45.3 Å². The Hall–Kier alpha value is -4.50. The Morgan fingerprint density at radius 3 is 2.42 bits per heavy atom. The van der Waals surface area contributed by atoms with Crippen LogP contribution in [-0.4, -0.2) is 65.2 Å². The summed E-state index contributed by atoms with van der Waals surface area (Å²) in [7, 11) is 0. The van der Waals surface area contributed by atoms with Crippen LogP contribution in [0.2, 0.25) is 0 Å². The van der Waals surface area contributed by atoms with Gasteiger partial charge in [-0.1, -0.05) is 12.1 Å². The van der Waals surface area contributed by atoms with Gasteiger partial charge in [0.15, 0.2) is 5.82 Å². The molecule has 9 heteroatoms. The number of piperazine rings is 1. The predicted octanol–water partition coefficient (Wildman–Crippen LogP) is 4.39. The third-order valence-corrected chi connectivity index (χ3v) is 7.82. The molecule has 0 saturated carbocycles. The Morgan fingerprint density at radius 2 is 1.73 bits per heavy atom. The summed E-state index contributed by atoms with van der Waals surface area (Å²) in [6.45, 7) is 6.90. The lowest BCUT2D eigenvalue weighted by molar-refractivity contribution is -0.00874. The van der Waals surface area contributed by atoms with E-state index in [0.29, 0.717) is 24.3 Å². The van der Waals surface area contributed by atoms with Gasteiger partial charge in [-0.05, 0) is 68.3 Å². The molecule has 8 rings (SSSR count). The van der Waals surface area contributed by atoms with Crippen molar-refractivity contribution in [1.82, 2.24) is 40.0 Å². The summed E-state index contributed by atoms with van der Waals surface area (Å²) < 4.78 is 0. The number of piperidine rings is 1. The average molecular weight is 530 g/mol. The predicted molar refractivity (Wildman–Crippen MR) is 154 cm³/mol. The van der Waals surface area contributed by atoms with Crippen LogP contribution in [0.5, 0.6) is 0 Å². The monoisotopic (exact) mass is 529 g/mol. The van der Waals surface area contributed by atoms with Crippen LogP contribution in [-0.2, 0) is 13.0 Å². The zero-order valence-corrected chi connectivity index (χ0v) is 22.7. The van der Waals surface area contributed by atoms with Crippen molar-refractivity contribution in [2.24, 2.45) is 0 Å². The number of pyridine rings is 3. The van der Waals surface area contributed by atoms with Crippen LogP contribution in [0, 0.1) is 13.8 Å². The number of aromatic amines is 1. The molecule has 0 spiro atoms. The summed E-state index contributed by atoms with van der Waals surface area (Å²) in [4.78, 5) is 28.4. The molecule has 5 aromatic heterocycles. The summed E-state index contributed by atoms with van der Waals surface area (Å²) in [5.41, 5.74) is 7.90. The number of hydrogen-bond donors (Lipinski definition) is 1. The second kappa shape index (κ2) is 10.2. The highest BCUT2D eigenvalue weighted by atomic mass is 15.4. The average Bonchev–Trinajstić information content (AvgIpc) is 3.40. The number of aryl methyl sites for hydroxylation is 2. The van der Waals surface area contributed by atoms with Gasteiger partial charge in [0.1, 0.15) is 5.82 Å². The van der Waals surface area contributed by atoms with Gasteiger partial charge in [0.2, 0.25) is 0 Å². The molecule has 9 nitrogen and oxygen atoms in total. The van der Waals surface area contributed by atoms with Gasteiger partial charge in [-0.25, -0.2) is 15.0 Å². The van der Waals surface area contributed by atoms with Crippen LogP contribution in [0.15, 0.2) is 73.2 Å². The number of hydrogen-bond acceptors (Lipinski definition) is 8. The molecule has 3 saturated heterocycles. The number of fused-ring (bicyclic) bond motifs is 2. The molecule has 8 heterocycles. The third-order valence-electron chi connectivity index (χ3n) is 7.82. The molecule has 3 fully saturated rings. The zero-order chi connectivity index (χ0) is 27.1. The van der Waals surface area contributed by atoms with E-state index in [9.17, 15) is 0 Å². The molecule has 200 valence electrons. The Labute approximate surface area is 233 Å². The molecule has 0 aromatic carbocycles. The molecule has 40 heavy (non-hydrogen) atoms. The first-order valence-corrected chi connectivity index (χ1v) is 13.8. The molecule has 0 aliphatic carbocycles. The van der Waals surface area contributed by atoms with E-state index in [0.717, 1.165) is 65.2 Å². The topological polar surface area (TPSA) is 99.6 Å². The SMILES string of the molecule is Cc1cc(Cc2cc(C)[nH]n2)nc(-c2ccc(N3CC4CC(C3)N4Cc3ccc(-c4ccccn4)nc3)nc2)n1. The summed E-state index contributed by atoms with van der Waals surface area (Å²) in [6.07, 6.45) is 7.61. The second-order valence-corrected chi connectivity index (χ2v) is 10.8. The minimum atomic E-state index is 0.532. The quantitative estimate of drug-likeness (QED) is 0.331. The number of anilines is 1. The smallest absolute Gasteiger partial charge is 0.161 e. The van der Waals surface area contributed by atoms with E-state index in [1.807, 2.05) is 56.6 Å². The van der Waals surface area contributed by atoms with E-state index in [1.165, 1.54) is 12.0 Å². The molecular formula is C31H31N9. The Kier molecular flexibility index (Phi) is 6.28. The number of rotatable bonds is 7. The molecule has 0 amide bonds. The fourth-order valence-corrected chi connectivity index (χ4v) is 5.84. The first-order valence-electron chi connectivity index (χ1n) is 13.8. The van der Waals surface area contributed by atoms with Crippen molar-refractivity contribution in [3.8, 4) is 22.8 Å². The van der Waals surface area contributed by atoms with Crippen LogP contribution >= 0.6 is 0 Å². The Balaban J connectivity index is 0.991. The molecule has 0 radical (unpaired) electrons. The van der Waals surface area contributed by atoms with Crippen LogP contribution in [0.25, 0.3) is 22.8 Å². The normalized spacial score (nSPS) is 18.5. The van der Waals surface area contributed by atoms with Crippen molar-refractivity contribution in [1.29, 1.82) is 0 Å². The maximum Gasteiger partial charge on any atom is 0.161 e. The van der Waals surface area contributed by atoms with Gasteiger partial charge in [-0.15, -0.1) is 0 Å². The van der Waals surface area contributed by atoms with Gasteiger partial charge in [0.05, 0.1) is 22.8 Å². The van der Waals surface area contributed by atoms with E-state index in [2.05, 4.69) is 59.2 Å². The van der Waals surface area contributed by atoms with Gasteiger partial charge in [-0.2, -0.15) is 5.10 Å². The van der Waals surface area contributed by atoms with Crippen molar-refractivity contribution in [3.63, 3.8) is 0 Å². The second-order valence-electron chi connectivity index (χ2n) is 10.8. The maximum absolute atomic E-state index is 4.82. The van der Waals surface area contributed by atoms with Crippen molar-refractivity contribution in [2.75, 3.05) is 18.0 Å². The standard InChI is InChI=1S/C31H31N9/c1-20-11-24(13-25-12-21(2)37-38-25)36-31(35-20)23-7-9-30(34-16-23)39-18-26-14-27(19-39)40(26)17-22-6-8-29(33-15-22)28-5-3-4-10-32-28/h3-12,15-16,26-27H,13-14,17-19H2,1-2H3,(H,37,38). The first kappa shape index (κ1) is 24.5. The van der Waals surface area contributed by atoms with Crippen molar-refractivity contribution in [3.05, 3.63) is 102 Å². The Morgan fingerprint density at radius 1 is 0.850 bits per heavy atom. The molecular weight excluding hydrogens is 498 g/mol.